The highest BCUT2D eigenvalue weighted by atomic mass is 19.4. The zero-order chi connectivity index (χ0) is 16.7. The summed E-state index contributed by atoms with van der Waals surface area (Å²) in [5.41, 5.74) is 0.343. The van der Waals surface area contributed by atoms with Crippen molar-refractivity contribution in [1.82, 2.24) is 19.9 Å². The maximum absolute atomic E-state index is 12.8. The average molecular weight is 338 g/mol. The molecule has 1 aromatic heterocycles. The maximum atomic E-state index is 12.8. The molecule has 0 amide bonds. The van der Waals surface area contributed by atoms with Gasteiger partial charge in [0.05, 0.1) is 11.1 Å². The molecule has 7 heteroatoms. The minimum absolute atomic E-state index is 0.320. The van der Waals surface area contributed by atoms with Gasteiger partial charge in [-0.1, -0.05) is 11.6 Å². The molecule has 2 aromatic rings. The molecule has 0 aliphatic carbocycles. The molecule has 0 spiro atoms. The van der Waals surface area contributed by atoms with Crippen LogP contribution in [-0.4, -0.2) is 39.0 Å². The van der Waals surface area contributed by atoms with Crippen molar-refractivity contribution in [3.05, 3.63) is 23.8 Å². The Morgan fingerprint density at radius 3 is 2.75 bits per heavy atom. The fourth-order valence-corrected chi connectivity index (χ4v) is 4.30. The molecule has 2 aliphatic heterocycles. The summed E-state index contributed by atoms with van der Waals surface area (Å²) in [6, 6.07) is 4.29. The first-order chi connectivity index (χ1) is 11.5. The fraction of sp³-hybridized carbons (Fsp3) is 0.647. The first kappa shape index (κ1) is 15.9. The van der Waals surface area contributed by atoms with Gasteiger partial charge in [0.2, 0.25) is 0 Å². The smallest absolute Gasteiger partial charge is 0.300 e. The monoisotopic (exact) mass is 338 g/mol. The molecular weight excluding hydrogens is 317 g/mol. The van der Waals surface area contributed by atoms with E-state index in [4.69, 9.17) is 0 Å². The van der Waals surface area contributed by atoms with Crippen LogP contribution in [0.5, 0.6) is 0 Å². The predicted molar refractivity (Wildman–Crippen MR) is 84.5 cm³/mol. The number of halogens is 3. The van der Waals surface area contributed by atoms with Gasteiger partial charge >= 0.3 is 6.18 Å². The van der Waals surface area contributed by atoms with E-state index in [1.165, 1.54) is 44.8 Å². The van der Waals surface area contributed by atoms with Crippen molar-refractivity contribution in [3.63, 3.8) is 0 Å². The van der Waals surface area contributed by atoms with Crippen LogP contribution in [0.2, 0.25) is 0 Å². The summed E-state index contributed by atoms with van der Waals surface area (Å²) in [6.45, 7) is 3.09. The summed E-state index contributed by atoms with van der Waals surface area (Å²) in [5.74, 6) is 0.506. The lowest BCUT2D eigenvalue weighted by Crippen LogP contribution is -2.49. The van der Waals surface area contributed by atoms with Crippen LogP contribution in [0.25, 0.3) is 11.0 Å². The van der Waals surface area contributed by atoms with Crippen LogP contribution in [0.15, 0.2) is 18.2 Å². The third kappa shape index (κ3) is 2.90. The summed E-state index contributed by atoms with van der Waals surface area (Å²) >= 11 is 0. The largest absolute Gasteiger partial charge is 0.416 e. The first-order valence-electron chi connectivity index (χ1n) is 8.67. The highest BCUT2D eigenvalue weighted by Gasteiger charge is 2.34. The van der Waals surface area contributed by atoms with Crippen LogP contribution in [0.4, 0.5) is 13.2 Å². The van der Waals surface area contributed by atoms with Crippen molar-refractivity contribution < 1.29 is 13.2 Å². The van der Waals surface area contributed by atoms with E-state index in [2.05, 4.69) is 15.2 Å². The molecule has 2 aliphatic rings. The lowest BCUT2D eigenvalue weighted by molar-refractivity contribution is -0.137. The van der Waals surface area contributed by atoms with Gasteiger partial charge in [-0.3, -0.25) is 0 Å². The summed E-state index contributed by atoms with van der Waals surface area (Å²) in [7, 11) is 0. The van der Waals surface area contributed by atoms with Gasteiger partial charge in [-0.2, -0.15) is 13.2 Å². The highest BCUT2D eigenvalue weighted by molar-refractivity contribution is 5.75. The molecule has 1 aromatic carbocycles. The van der Waals surface area contributed by atoms with Crippen molar-refractivity contribution in [2.45, 2.75) is 50.9 Å². The van der Waals surface area contributed by atoms with Gasteiger partial charge in [0, 0.05) is 12.6 Å². The second kappa shape index (κ2) is 6.02. The first-order valence-corrected chi connectivity index (χ1v) is 8.67. The van der Waals surface area contributed by atoms with Crippen molar-refractivity contribution in [2.24, 2.45) is 5.92 Å². The van der Waals surface area contributed by atoms with E-state index in [0.717, 1.165) is 25.1 Å². The van der Waals surface area contributed by atoms with Crippen LogP contribution in [0.1, 0.15) is 37.7 Å². The second-order valence-electron chi connectivity index (χ2n) is 6.97. The van der Waals surface area contributed by atoms with Crippen LogP contribution in [0, 0.1) is 5.92 Å². The predicted octanol–water partition coefficient (Wildman–Crippen LogP) is 3.71. The number of fused-ring (bicyclic) bond motifs is 2. The number of hydrogen-bond acceptors (Lipinski definition) is 3. The zero-order valence-corrected chi connectivity index (χ0v) is 13.5. The Labute approximate surface area is 138 Å². The topological polar surface area (TPSA) is 34.0 Å². The Balaban J connectivity index is 1.58. The van der Waals surface area contributed by atoms with Crippen LogP contribution < -0.4 is 0 Å². The van der Waals surface area contributed by atoms with Crippen molar-refractivity contribution in [2.75, 3.05) is 13.1 Å². The molecule has 0 radical (unpaired) electrons. The minimum Gasteiger partial charge on any atom is -0.300 e. The number of benzene rings is 1. The molecule has 0 bridgehead atoms. The molecule has 24 heavy (non-hydrogen) atoms. The number of rotatable bonds is 2. The van der Waals surface area contributed by atoms with E-state index in [1.54, 1.807) is 4.68 Å². The quantitative estimate of drug-likeness (QED) is 0.837. The number of hydrogen-bond donors (Lipinski definition) is 0. The van der Waals surface area contributed by atoms with E-state index in [-0.39, 0.29) is 0 Å². The number of piperidine rings is 2. The fourth-order valence-electron chi connectivity index (χ4n) is 4.30. The van der Waals surface area contributed by atoms with E-state index in [9.17, 15) is 13.2 Å². The molecule has 2 atom stereocenters. The van der Waals surface area contributed by atoms with Gasteiger partial charge in [0.1, 0.15) is 5.52 Å². The third-order valence-corrected chi connectivity index (χ3v) is 5.48. The SMILES string of the molecule is FC(F)(F)c1ccc2c(c1)nnn2C[C@@H]1CCCN2CCCC[C@H]12. The van der Waals surface area contributed by atoms with Gasteiger partial charge in [0.25, 0.3) is 0 Å². The molecule has 0 N–H and O–H groups in total. The highest BCUT2D eigenvalue weighted by Crippen LogP contribution is 2.33. The molecule has 2 saturated heterocycles. The molecule has 0 saturated carbocycles. The van der Waals surface area contributed by atoms with E-state index < -0.39 is 11.7 Å². The number of aromatic nitrogens is 3. The Hall–Kier alpha value is -1.63. The molecule has 130 valence electrons. The van der Waals surface area contributed by atoms with Crippen molar-refractivity contribution in [1.29, 1.82) is 0 Å². The summed E-state index contributed by atoms with van der Waals surface area (Å²) < 4.78 is 40.3. The van der Waals surface area contributed by atoms with E-state index in [0.29, 0.717) is 23.0 Å². The van der Waals surface area contributed by atoms with Crippen LogP contribution >= 0.6 is 0 Å². The Morgan fingerprint density at radius 1 is 1.08 bits per heavy atom. The van der Waals surface area contributed by atoms with Gasteiger partial charge in [-0.15, -0.1) is 5.10 Å². The number of alkyl halides is 3. The molecule has 2 fully saturated rings. The molecule has 4 nitrogen and oxygen atoms in total. The Kier molecular flexibility index (Phi) is 3.98. The molecule has 0 unspecified atom stereocenters. The van der Waals surface area contributed by atoms with Crippen LogP contribution in [-0.2, 0) is 12.7 Å². The maximum Gasteiger partial charge on any atom is 0.416 e. The lowest BCUT2D eigenvalue weighted by atomic mass is 9.83. The van der Waals surface area contributed by atoms with E-state index >= 15 is 0 Å². The summed E-state index contributed by atoms with van der Waals surface area (Å²) in [4.78, 5) is 2.58. The third-order valence-electron chi connectivity index (χ3n) is 5.48. The molecule has 3 heterocycles. The van der Waals surface area contributed by atoms with E-state index in [1.807, 2.05) is 0 Å². The van der Waals surface area contributed by atoms with Gasteiger partial charge in [0.15, 0.2) is 0 Å². The van der Waals surface area contributed by atoms with Gasteiger partial charge in [-0.05, 0) is 62.9 Å². The standard InChI is InChI=1S/C17H21F3N4/c18-17(19,20)13-6-7-16-14(10-13)21-22-24(16)11-12-4-3-9-23-8-2-1-5-15(12)23/h6-7,10,12,15H,1-5,8-9,11H2/t12-,15+/m0/s1. The van der Waals surface area contributed by atoms with Crippen molar-refractivity contribution in [3.8, 4) is 0 Å². The second-order valence-corrected chi connectivity index (χ2v) is 6.97. The average Bonchev–Trinajstić information content (AvgIpc) is 2.97. The van der Waals surface area contributed by atoms with Crippen molar-refractivity contribution >= 4 is 11.0 Å². The Morgan fingerprint density at radius 2 is 1.92 bits per heavy atom. The minimum atomic E-state index is -4.34. The molecule has 4 rings (SSSR count). The molecular formula is C17H21F3N4. The summed E-state index contributed by atoms with van der Waals surface area (Å²) in [6.07, 6.45) is 1.76. The lowest BCUT2D eigenvalue weighted by Gasteiger charge is -2.44. The normalized spacial score (nSPS) is 25.8. The van der Waals surface area contributed by atoms with Crippen LogP contribution in [0.3, 0.4) is 0 Å². The zero-order valence-electron chi connectivity index (χ0n) is 13.5. The van der Waals surface area contributed by atoms with Gasteiger partial charge in [-0.25, -0.2) is 4.68 Å². The van der Waals surface area contributed by atoms with Gasteiger partial charge < -0.3 is 4.90 Å². The summed E-state index contributed by atoms with van der Waals surface area (Å²) in [5, 5.41) is 8.09. The Bertz CT molecular complexity index is 722. The number of nitrogens with zero attached hydrogens (tertiary/aromatic N) is 4.